The Balaban J connectivity index is 2.25. The molecule has 0 unspecified atom stereocenters. The molecule has 0 aliphatic rings. The van der Waals surface area contributed by atoms with Gasteiger partial charge in [-0.25, -0.2) is 0 Å². The third kappa shape index (κ3) is 6.24. The van der Waals surface area contributed by atoms with Crippen molar-refractivity contribution in [2.45, 2.75) is 20.3 Å². The lowest BCUT2D eigenvalue weighted by Crippen LogP contribution is -2.12. The molecule has 8 heteroatoms. The summed E-state index contributed by atoms with van der Waals surface area (Å²) in [6.45, 7) is 4.12. The number of anilines is 1. The van der Waals surface area contributed by atoms with E-state index in [1.165, 1.54) is 0 Å². The number of methoxy groups -OCH3 is 1. The normalized spacial score (nSPS) is 11.4. The first-order valence-corrected chi connectivity index (χ1v) is 10.6. The van der Waals surface area contributed by atoms with Gasteiger partial charge in [-0.05, 0) is 66.8 Å². The van der Waals surface area contributed by atoms with E-state index >= 15 is 0 Å². The van der Waals surface area contributed by atoms with Crippen LogP contribution in [0.5, 0.6) is 11.5 Å². The van der Waals surface area contributed by atoms with Crippen molar-refractivity contribution in [1.82, 2.24) is 0 Å². The van der Waals surface area contributed by atoms with Crippen molar-refractivity contribution in [3.8, 4) is 11.5 Å². The van der Waals surface area contributed by atoms with Crippen LogP contribution in [0.1, 0.15) is 22.3 Å². The molecule has 0 amide bonds. The van der Waals surface area contributed by atoms with Crippen molar-refractivity contribution in [3.63, 3.8) is 0 Å². The highest BCUT2D eigenvalue weighted by molar-refractivity contribution is 7.51. The molecular formula is C20H28NO6P. The van der Waals surface area contributed by atoms with Crippen LogP contribution in [0.25, 0.3) is 0 Å². The number of benzene rings is 2. The Kier molecular flexibility index (Phi) is 7.49. The summed E-state index contributed by atoms with van der Waals surface area (Å²) in [4.78, 5) is 19.9. The molecule has 2 aromatic rings. The molecule has 2 N–H and O–H groups in total. The smallest absolute Gasteiger partial charge is 0.362 e. The zero-order valence-corrected chi connectivity index (χ0v) is 17.8. The van der Waals surface area contributed by atoms with E-state index in [2.05, 4.69) is 6.07 Å². The molecule has 0 radical (unpaired) electrons. The average molecular weight is 409 g/mol. The lowest BCUT2D eigenvalue weighted by atomic mass is 9.95. The fourth-order valence-electron chi connectivity index (χ4n) is 2.95. The van der Waals surface area contributed by atoms with Crippen LogP contribution in [0.4, 0.5) is 5.69 Å². The van der Waals surface area contributed by atoms with Gasteiger partial charge in [0.1, 0.15) is 11.5 Å². The fraction of sp³-hybridized carbons (Fsp3) is 0.400. The summed E-state index contributed by atoms with van der Waals surface area (Å²) in [5, 5.41) is 0. The second-order valence-electron chi connectivity index (χ2n) is 6.90. The maximum atomic E-state index is 11.0. The first kappa shape index (κ1) is 22.2. The highest BCUT2D eigenvalue weighted by Gasteiger charge is 2.15. The van der Waals surface area contributed by atoms with Crippen LogP contribution in [-0.2, 0) is 15.7 Å². The Labute approximate surface area is 166 Å². The van der Waals surface area contributed by atoms with Gasteiger partial charge >= 0.3 is 7.60 Å². The zero-order valence-electron chi connectivity index (χ0n) is 16.9. The molecule has 0 saturated carbocycles. The van der Waals surface area contributed by atoms with E-state index in [9.17, 15) is 4.57 Å². The minimum absolute atomic E-state index is 0.189. The van der Waals surface area contributed by atoms with E-state index in [4.69, 9.17) is 24.0 Å². The van der Waals surface area contributed by atoms with Crippen LogP contribution in [0.3, 0.4) is 0 Å². The summed E-state index contributed by atoms with van der Waals surface area (Å²) in [7, 11) is 1.30. The predicted octanol–water partition coefficient (Wildman–Crippen LogP) is 3.46. The maximum absolute atomic E-state index is 11.0. The van der Waals surface area contributed by atoms with Crippen molar-refractivity contribution in [2.24, 2.45) is 0 Å². The van der Waals surface area contributed by atoms with Gasteiger partial charge in [0.05, 0.1) is 5.69 Å². The standard InChI is InChI=1S/C20H28NO6P/c1-14-8-17(27-13-28(22,23)24)9-15(2)18(14)10-16-6-7-20(26-12-25-5)19(11-16)21(3)4/h6-9,11H,10,12-13H2,1-5H3,(H2,22,23,24). The minimum Gasteiger partial charge on any atom is -0.481 e. The van der Waals surface area contributed by atoms with Crippen molar-refractivity contribution in [3.05, 3.63) is 52.6 Å². The first-order valence-electron chi connectivity index (χ1n) is 8.80. The SMILES string of the molecule is COCOc1ccc(Cc2c(C)cc(OCP(=O)(O)O)cc2C)cc1N(C)C. The Bertz CT molecular complexity index is 839. The molecule has 0 spiro atoms. The third-order valence-electron chi connectivity index (χ3n) is 4.29. The van der Waals surface area contributed by atoms with Crippen LogP contribution in [0.2, 0.25) is 0 Å². The number of rotatable bonds is 9. The molecule has 0 bridgehead atoms. The van der Waals surface area contributed by atoms with Crippen LogP contribution in [0.15, 0.2) is 30.3 Å². The van der Waals surface area contributed by atoms with Gasteiger partial charge in [0.25, 0.3) is 0 Å². The van der Waals surface area contributed by atoms with Gasteiger partial charge in [0, 0.05) is 21.2 Å². The lowest BCUT2D eigenvalue weighted by Gasteiger charge is -2.19. The van der Waals surface area contributed by atoms with Gasteiger partial charge in [-0.15, -0.1) is 0 Å². The van der Waals surface area contributed by atoms with Crippen LogP contribution in [0, 0.1) is 13.8 Å². The first-order chi connectivity index (χ1) is 13.1. The fourth-order valence-corrected chi connectivity index (χ4v) is 3.26. The number of hydrogen-bond donors (Lipinski definition) is 2. The number of aryl methyl sites for hydroxylation is 2. The molecule has 0 aliphatic carbocycles. The molecule has 0 heterocycles. The second-order valence-corrected chi connectivity index (χ2v) is 8.49. The minimum atomic E-state index is -4.20. The molecule has 0 aliphatic heterocycles. The van der Waals surface area contributed by atoms with Gasteiger partial charge in [-0.3, -0.25) is 4.57 Å². The molecule has 28 heavy (non-hydrogen) atoms. The topological polar surface area (TPSA) is 88.5 Å². The number of hydrogen-bond acceptors (Lipinski definition) is 5. The van der Waals surface area contributed by atoms with Crippen LogP contribution >= 0.6 is 7.60 Å². The zero-order chi connectivity index (χ0) is 20.9. The van der Waals surface area contributed by atoms with E-state index in [0.717, 1.165) is 40.1 Å². The second kappa shape index (κ2) is 9.43. The largest absolute Gasteiger partial charge is 0.481 e. The predicted molar refractivity (Wildman–Crippen MR) is 110 cm³/mol. The van der Waals surface area contributed by atoms with Crippen LogP contribution < -0.4 is 14.4 Å². The molecule has 2 aromatic carbocycles. The Morgan fingerprint density at radius 3 is 2.21 bits per heavy atom. The summed E-state index contributed by atoms with van der Waals surface area (Å²) < 4.78 is 26.9. The maximum Gasteiger partial charge on any atom is 0.362 e. The quantitative estimate of drug-likeness (QED) is 0.484. The number of nitrogens with zero attached hydrogens (tertiary/aromatic N) is 1. The van der Waals surface area contributed by atoms with E-state index in [0.29, 0.717) is 5.75 Å². The summed E-state index contributed by atoms with van der Waals surface area (Å²) in [6, 6.07) is 9.66. The molecule has 154 valence electrons. The highest BCUT2D eigenvalue weighted by atomic mass is 31.2. The molecule has 7 nitrogen and oxygen atoms in total. The van der Waals surface area contributed by atoms with Crippen molar-refractivity contribution in [1.29, 1.82) is 0 Å². The number of ether oxygens (including phenoxy) is 3. The Morgan fingerprint density at radius 1 is 1.04 bits per heavy atom. The molecule has 0 fully saturated rings. The van der Waals surface area contributed by atoms with Crippen molar-refractivity contribution in [2.75, 3.05) is 39.2 Å². The van der Waals surface area contributed by atoms with E-state index in [-0.39, 0.29) is 6.79 Å². The van der Waals surface area contributed by atoms with Gasteiger partial charge in [0.2, 0.25) is 0 Å². The molecule has 0 atom stereocenters. The molecule has 0 aromatic heterocycles. The highest BCUT2D eigenvalue weighted by Crippen LogP contribution is 2.35. The summed E-state index contributed by atoms with van der Waals surface area (Å²) in [6.07, 6.45) is 0.0994. The van der Waals surface area contributed by atoms with E-state index in [1.807, 2.05) is 45.0 Å². The Hall–Kier alpha value is -2.05. The van der Waals surface area contributed by atoms with E-state index < -0.39 is 13.9 Å². The van der Waals surface area contributed by atoms with Crippen molar-refractivity contribution < 1.29 is 28.6 Å². The summed E-state index contributed by atoms with van der Waals surface area (Å²) in [5.41, 5.74) is 5.26. The third-order valence-corrected chi connectivity index (χ3v) is 4.75. The summed E-state index contributed by atoms with van der Waals surface area (Å²) >= 11 is 0. The molecule has 2 rings (SSSR count). The monoisotopic (exact) mass is 409 g/mol. The lowest BCUT2D eigenvalue weighted by molar-refractivity contribution is 0.0515. The summed E-state index contributed by atoms with van der Waals surface area (Å²) in [5.74, 6) is 1.21. The Morgan fingerprint density at radius 2 is 1.68 bits per heavy atom. The molecular weight excluding hydrogens is 381 g/mol. The van der Waals surface area contributed by atoms with Crippen LogP contribution in [-0.4, -0.2) is 44.1 Å². The molecule has 0 saturated heterocycles. The van der Waals surface area contributed by atoms with Gasteiger partial charge in [-0.1, -0.05) is 6.07 Å². The van der Waals surface area contributed by atoms with E-state index in [1.54, 1.807) is 19.2 Å². The van der Waals surface area contributed by atoms with Gasteiger partial charge in [0.15, 0.2) is 13.1 Å². The van der Waals surface area contributed by atoms with Crippen molar-refractivity contribution >= 4 is 13.3 Å². The average Bonchev–Trinajstić information content (AvgIpc) is 2.61. The van der Waals surface area contributed by atoms with Gasteiger partial charge in [-0.2, -0.15) is 0 Å². The van der Waals surface area contributed by atoms with Gasteiger partial charge < -0.3 is 28.9 Å².